The maximum Gasteiger partial charge on any atom is 0.414 e. The number of hydrogen-bond donors (Lipinski definition) is 4. The van der Waals surface area contributed by atoms with E-state index in [0.29, 0.717) is 23.1 Å². The number of nitrogens with one attached hydrogen (secondary N) is 2. The predicted molar refractivity (Wildman–Crippen MR) is 132 cm³/mol. The van der Waals surface area contributed by atoms with Crippen LogP contribution in [0.1, 0.15) is 16.7 Å². The van der Waals surface area contributed by atoms with Gasteiger partial charge < -0.3 is 19.8 Å². The topological polar surface area (TPSA) is 128 Å². The normalized spacial score (nSPS) is 11.4. The summed E-state index contributed by atoms with van der Waals surface area (Å²) < 4.78 is 34.0. The number of aliphatic hydroxyl groups excluding tert-OH is 1. The first kappa shape index (κ1) is 25.6. The van der Waals surface area contributed by atoms with Gasteiger partial charge in [-0.3, -0.25) is 4.72 Å². The minimum absolute atomic E-state index is 0.0489. The summed E-state index contributed by atoms with van der Waals surface area (Å²) in [6, 6.07) is 11.7. The quantitative estimate of drug-likeness (QED) is 0.370. The molecule has 0 saturated heterocycles. The van der Waals surface area contributed by atoms with Gasteiger partial charge in [0.1, 0.15) is 5.75 Å². The molecule has 0 heterocycles. The molecule has 0 bridgehead atoms. The Morgan fingerprint density at radius 3 is 2.59 bits per heavy atom. The fraction of sp³-hybridized carbons (Fsp3) is 0.261. The number of aliphatic hydroxyl groups is 1. The Kier molecular flexibility index (Phi) is 7.88. The number of halogens is 1. The molecule has 0 spiro atoms. The lowest BCUT2D eigenvalue weighted by Gasteiger charge is -2.16. The molecular weight excluding hydrogens is 482 g/mol. The second kappa shape index (κ2) is 10.5. The van der Waals surface area contributed by atoms with Crippen molar-refractivity contribution >= 4 is 44.4 Å². The minimum atomic E-state index is -3.82. The number of rotatable bonds is 8. The molecule has 0 radical (unpaired) electrons. The van der Waals surface area contributed by atoms with Gasteiger partial charge in [0.25, 0.3) is 10.2 Å². The first-order valence-electron chi connectivity index (χ1n) is 10.3. The van der Waals surface area contributed by atoms with Crippen molar-refractivity contribution in [2.75, 3.05) is 32.0 Å². The van der Waals surface area contributed by atoms with E-state index in [0.717, 1.165) is 16.5 Å². The van der Waals surface area contributed by atoms with E-state index in [1.165, 1.54) is 4.90 Å². The molecule has 0 fully saturated rings. The van der Waals surface area contributed by atoms with Crippen LogP contribution in [0.2, 0.25) is 5.02 Å². The van der Waals surface area contributed by atoms with Crippen LogP contribution in [0.5, 0.6) is 11.5 Å². The van der Waals surface area contributed by atoms with Crippen molar-refractivity contribution in [2.24, 2.45) is 0 Å². The summed E-state index contributed by atoms with van der Waals surface area (Å²) in [7, 11) is -0.696. The van der Waals surface area contributed by atoms with Gasteiger partial charge in [0.05, 0.1) is 17.3 Å². The summed E-state index contributed by atoms with van der Waals surface area (Å²) in [5, 5.41) is 21.3. The average Bonchev–Trinajstić information content (AvgIpc) is 2.76. The van der Waals surface area contributed by atoms with E-state index in [2.05, 4.69) is 9.44 Å². The van der Waals surface area contributed by atoms with E-state index in [9.17, 15) is 18.3 Å². The molecule has 0 unspecified atom stereocenters. The van der Waals surface area contributed by atoms with Gasteiger partial charge in [0, 0.05) is 32.6 Å². The molecule has 34 heavy (non-hydrogen) atoms. The van der Waals surface area contributed by atoms with Crippen LogP contribution in [-0.4, -0.2) is 56.9 Å². The number of carbonyl (C=O) groups excluding carboxylic acids is 1. The number of amides is 1. The third kappa shape index (κ3) is 6.09. The second-order valence-corrected chi connectivity index (χ2v) is 9.77. The number of hydrogen-bond acceptors (Lipinski definition) is 6. The Morgan fingerprint density at radius 2 is 1.91 bits per heavy atom. The lowest BCUT2D eigenvalue weighted by atomic mass is 9.94. The number of ether oxygens (including phenoxy) is 1. The zero-order chi connectivity index (χ0) is 25.0. The summed E-state index contributed by atoms with van der Waals surface area (Å²) in [5.74, 6) is 0.238. The number of carbonyl (C=O) groups is 1. The monoisotopic (exact) mass is 507 g/mol. The number of nitrogens with zero attached hydrogens (tertiary/aromatic N) is 1. The summed E-state index contributed by atoms with van der Waals surface area (Å²) in [4.78, 5) is 13.2. The fourth-order valence-electron chi connectivity index (χ4n) is 3.41. The van der Waals surface area contributed by atoms with Gasteiger partial charge in [-0.2, -0.15) is 13.1 Å². The minimum Gasteiger partial charge on any atom is -0.508 e. The smallest absolute Gasteiger partial charge is 0.414 e. The zero-order valence-corrected chi connectivity index (χ0v) is 20.5. The van der Waals surface area contributed by atoms with Gasteiger partial charge in [-0.05, 0) is 59.2 Å². The third-order valence-electron chi connectivity index (χ3n) is 5.09. The Labute approximate surface area is 203 Å². The first-order chi connectivity index (χ1) is 16.0. The predicted octanol–water partition coefficient (Wildman–Crippen LogP) is 3.40. The molecule has 3 rings (SSSR count). The molecule has 1 amide bonds. The van der Waals surface area contributed by atoms with Crippen molar-refractivity contribution in [3.8, 4) is 11.5 Å². The number of phenols is 1. The molecule has 0 aliphatic heterocycles. The molecule has 3 aromatic rings. The lowest BCUT2D eigenvalue weighted by molar-refractivity contribution is 0.172. The molecule has 0 aliphatic carbocycles. The van der Waals surface area contributed by atoms with Crippen LogP contribution >= 0.6 is 11.6 Å². The van der Waals surface area contributed by atoms with Crippen LogP contribution in [0.3, 0.4) is 0 Å². The van der Waals surface area contributed by atoms with Crippen molar-refractivity contribution < 1.29 is 28.2 Å². The van der Waals surface area contributed by atoms with Gasteiger partial charge in [0.2, 0.25) is 0 Å². The van der Waals surface area contributed by atoms with Crippen LogP contribution in [0, 0.1) is 6.92 Å². The summed E-state index contributed by atoms with van der Waals surface area (Å²) in [5.41, 5.74) is 2.55. The molecule has 0 saturated carbocycles. The van der Waals surface area contributed by atoms with Gasteiger partial charge in [-0.1, -0.05) is 23.7 Å². The third-order valence-corrected chi connectivity index (χ3v) is 6.47. The summed E-state index contributed by atoms with van der Waals surface area (Å²) in [6.07, 6.45) is -0.233. The number of anilines is 1. The van der Waals surface area contributed by atoms with E-state index in [4.69, 9.17) is 21.4 Å². The number of phenolic OH excluding ortho intramolecular Hbond substituents is 1. The van der Waals surface area contributed by atoms with Crippen LogP contribution in [0.4, 0.5) is 10.5 Å². The number of aryl methyl sites for hydroxylation is 1. The standard InChI is InChI=1S/C23H26ClN3O6S/c1-14-18-13-20(24)22(33-23(30)27(2)3)12-16(18)11-21(29)19(14)10-15-5-4-6-17(9-15)26-34(31,32)25-7-8-28/h4-6,9,11-13,25-26,28-29H,7-8,10H2,1-3H3. The maximum atomic E-state index is 12.0. The van der Waals surface area contributed by atoms with Crippen molar-refractivity contribution in [3.05, 3.63) is 64.2 Å². The Morgan fingerprint density at radius 1 is 1.18 bits per heavy atom. The fourth-order valence-corrected chi connectivity index (χ4v) is 4.48. The molecule has 3 aromatic carbocycles. The molecule has 182 valence electrons. The summed E-state index contributed by atoms with van der Waals surface area (Å²) >= 11 is 6.35. The van der Waals surface area contributed by atoms with Gasteiger partial charge in [-0.15, -0.1) is 0 Å². The van der Waals surface area contributed by atoms with E-state index < -0.39 is 16.3 Å². The zero-order valence-electron chi connectivity index (χ0n) is 18.9. The highest BCUT2D eigenvalue weighted by atomic mass is 35.5. The van der Waals surface area contributed by atoms with E-state index in [1.807, 2.05) is 13.0 Å². The van der Waals surface area contributed by atoms with Crippen LogP contribution in [-0.2, 0) is 16.6 Å². The second-order valence-electron chi connectivity index (χ2n) is 7.87. The van der Waals surface area contributed by atoms with E-state index in [-0.39, 0.29) is 29.7 Å². The van der Waals surface area contributed by atoms with Crippen molar-refractivity contribution in [3.63, 3.8) is 0 Å². The van der Waals surface area contributed by atoms with Gasteiger partial charge in [-0.25, -0.2) is 4.79 Å². The molecule has 0 atom stereocenters. The number of benzene rings is 3. The average molecular weight is 508 g/mol. The highest BCUT2D eigenvalue weighted by molar-refractivity contribution is 7.90. The largest absolute Gasteiger partial charge is 0.508 e. The summed E-state index contributed by atoms with van der Waals surface area (Å²) in [6.45, 7) is 1.44. The molecule has 11 heteroatoms. The molecule has 0 aliphatic rings. The van der Waals surface area contributed by atoms with Crippen molar-refractivity contribution in [1.82, 2.24) is 9.62 Å². The number of aromatic hydroxyl groups is 1. The molecule has 4 N–H and O–H groups in total. The SMILES string of the molecule is Cc1c(Cc2cccc(NS(=O)(=O)NCCO)c2)c(O)cc2cc(OC(=O)N(C)C)c(Cl)cc12. The molecule has 0 aromatic heterocycles. The van der Waals surface area contributed by atoms with Crippen LogP contribution in [0.25, 0.3) is 10.8 Å². The van der Waals surface area contributed by atoms with Crippen molar-refractivity contribution in [1.29, 1.82) is 0 Å². The van der Waals surface area contributed by atoms with Crippen LogP contribution in [0.15, 0.2) is 42.5 Å². The van der Waals surface area contributed by atoms with Crippen LogP contribution < -0.4 is 14.2 Å². The first-order valence-corrected chi connectivity index (χ1v) is 12.2. The van der Waals surface area contributed by atoms with E-state index >= 15 is 0 Å². The van der Waals surface area contributed by atoms with Gasteiger partial charge in [0.15, 0.2) is 5.75 Å². The Hall–Kier alpha value is -3.05. The highest BCUT2D eigenvalue weighted by Crippen LogP contribution is 2.37. The van der Waals surface area contributed by atoms with E-state index in [1.54, 1.807) is 50.5 Å². The van der Waals surface area contributed by atoms with Gasteiger partial charge >= 0.3 is 6.09 Å². The Balaban J connectivity index is 1.92. The molecular formula is C23H26ClN3O6S. The molecule has 9 nitrogen and oxygen atoms in total. The number of fused-ring (bicyclic) bond motifs is 1. The van der Waals surface area contributed by atoms with Crippen molar-refractivity contribution in [2.45, 2.75) is 13.3 Å². The Bertz CT molecular complexity index is 1330. The lowest BCUT2D eigenvalue weighted by Crippen LogP contribution is -2.32. The maximum absolute atomic E-state index is 12.0. The highest BCUT2D eigenvalue weighted by Gasteiger charge is 2.16.